The highest BCUT2D eigenvalue weighted by molar-refractivity contribution is 5.97. The zero-order valence-electron chi connectivity index (χ0n) is 19.5. The molecule has 172 valence electrons. The standard InChI is InChI=1S/C23H30N4O5/c1-8-24-21(30)19-14(9-10-23(4,5)25-22(31)27(6)7)20(32-26-19)16-11-15(13(2)3)17(28)12-18(16)29/h11-13,28-29H,8H2,1-7H3,(H,24,30)(H,25,31). The molecule has 0 atom stereocenters. The third-order valence-corrected chi connectivity index (χ3v) is 4.58. The Hall–Kier alpha value is -3.67. The summed E-state index contributed by atoms with van der Waals surface area (Å²) >= 11 is 0. The number of aromatic nitrogens is 1. The molecule has 4 N–H and O–H groups in total. The Bertz CT molecular complexity index is 1070. The molecule has 0 aliphatic heterocycles. The lowest BCUT2D eigenvalue weighted by molar-refractivity contribution is 0.0946. The molecule has 0 unspecified atom stereocenters. The zero-order valence-corrected chi connectivity index (χ0v) is 19.5. The Morgan fingerprint density at radius 2 is 1.88 bits per heavy atom. The number of hydrogen-bond donors (Lipinski definition) is 4. The first-order valence-corrected chi connectivity index (χ1v) is 10.2. The van der Waals surface area contributed by atoms with E-state index in [9.17, 15) is 19.8 Å². The molecule has 9 nitrogen and oxygen atoms in total. The van der Waals surface area contributed by atoms with Crippen molar-refractivity contribution >= 4 is 11.9 Å². The van der Waals surface area contributed by atoms with Gasteiger partial charge in [-0.05, 0) is 38.3 Å². The molecule has 1 aromatic carbocycles. The van der Waals surface area contributed by atoms with E-state index in [-0.39, 0.29) is 46.0 Å². The maximum absolute atomic E-state index is 12.5. The summed E-state index contributed by atoms with van der Waals surface area (Å²) in [6, 6.07) is 2.48. The van der Waals surface area contributed by atoms with Gasteiger partial charge in [0.05, 0.1) is 11.1 Å². The second-order valence-corrected chi connectivity index (χ2v) is 8.38. The normalized spacial score (nSPS) is 11.0. The van der Waals surface area contributed by atoms with Crippen LogP contribution in [-0.2, 0) is 0 Å². The first-order valence-electron chi connectivity index (χ1n) is 10.2. The van der Waals surface area contributed by atoms with Crippen LogP contribution in [-0.4, -0.2) is 58.4 Å². The highest BCUT2D eigenvalue weighted by atomic mass is 16.5. The maximum atomic E-state index is 12.5. The Morgan fingerprint density at radius 3 is 2.44 bits per heavy atom. The summed E-state index contributed by atoms with van der Waals surface area (Å²) in [5, 5.41) is 29.9. The molecule has 2 aromatic rings. The molecule has 0 aliphatic carbocycles. The number of phenols is 2. The quantitative estimate of drug-likeness (QED) is 0.527. The minimum absolute atomic E-state index is 0.0326. The van der Waals surface area contributed by atoms with Crippen molar-refractivity contribution in [3.05, 3.63) is 29.0 Å². The Morgan fingerprint density at radius 1 is 1.22 bits per heavy atom. The molecule has 0 spiro atoms. The van der Waals surface area contributed by atoms with Crippen LogP contribution in [0.15, 0.2) is 16.7 Å². The van der Waals surface area contributed by atoms with Gasteiger partial charge in [0.1, 0.15) is 17.1 Å². The average molecular weight is 443 g/mol. The summed E-state index contributed by atoms with van der Waals surface area (Å²) in [7, 11) is 3.23. The number of hydrogen-bond acceptors (Lipinski definition) is 6. The van der Waals surface area contributed by atoms with Gasteiger partial charge in [0.25, 0.3) is 5.91 Å². The molecule has 32 heavy (non-hydrogen) atoms. The highest BCUT2D eigenvalue weighted by Gasteiger charge is 2.26. The second kappa shape index (κ2) is 9.64. The average Bonchev–Trinajstić information content (AvgIpc) is 3.09. The van der Waals surface area contributed by atoms with Gasteiger partial charge in [-0.2, -0.15) is 0 Å². The summed E-state index contributed by atoms with van der Waals surface area (Å²) in [6.07, 6.45) is 0. The predicted molar refractivity (Wildman–Crippen MR) is 121 cm³/mol. The molecule has 0 saturated heterocycles. The van der Waals surface area contributed by atoms with Crippen molar-refractivity contribution in [3.8, 4) is 34.7 Å². The SMILES string of the molecule is CCNC(=O)c1noc(-c2cc(C(C)C)c(O)cc2O)c1C#CC(C)(C)NC(=O)N(C)C. The van der Waals surface area contributed by atoms with Crippen LogP contribution in [0.1, 0.15) is 62.2 Å². The predicted octanol–water partition coefficient (Wildman–Crippen LogP) is 3.03. The number of phenolic OH excluding ortho intramolecular Hbond substituents is 2. The monoisotopic (exact) mass is 442 g/mol. The molecule has 0 aliphatic rings. The number of amides is 3. The van der Waals surface area contributed by atoms with E-state index >= 15 is 0 Å². The summed E-state index contributed by atoms with van der Waals surface area (Å²) < 4.78 is 5.44. The van der Waals surface area contributed by atoms with Crippen molar-refractivity contribution in [2.45, 2.75) is 46.1 Å². The van der Waals surface area contributed by atoms with Crippen molar-refractivity contribution < 1.29 is 24.3 Å². The summed E-state index contributed by atoms with van der Waals surface area (Å²) in [5.41, 5.74) is 0.0239. The van der Waals surface area contributed by atoms with Gasteiger partial charge in [0.2, 0.25) is 0 Å². The van der Waals surface area contributed by atoms with Gasteiger partial charge in [-0.25, -0.2) is 4.79 Å². The molecule has 0 saturated carbocycles. The summed E-state index contributed by atoms with van der Waals surface area (Å²) in [4.78, 5) is 26.0. The molecule has 0 bridgehead atoms. The summed E-state index contributed by atoms with van der Waals surface area (Å²) in [6.45, 7) is 9.37. The van der Waals surface area contributed by atoms with Crippen LogP contribution in [0.2, 0.25) is 0 Å². The third kappa shape index (κ3) is 5.52. The Kier molecular flexibility index (Phi) is 7.41. The van der Waals surface area contributed by atoms with Crippen LogP contribution < -0.4 is 10.6 Å². The lowest BCUT2D eigenvalue weighted by Crippen LogP contribution is -2.47. The van der Waals surface area contributed by atoms with E-state index in [2.05, 4.69) is 27.6 Å². The lowest BCUT2D eigenvalue weighted by atomic mass is 9.96. The number of rotatable bonds is 5. The smallest absolute Gasteiger partial charge is 0.318 e. The molecule has 1 heterocycles. The minimum Gasteiger partial charge on any atom is -0.508 e. The number of aromatic hydroxyl groups is 2. The highest BCUT2D eigenvalue weighted by Crippen LogP contribution is 2.39. The van der Waals surface area contributed by atoms with E-state index in [4.69, 9.17) is 4.52 Å². The molecule has 0 radical (unpaired) electrons. The summed E-state index contributed by atoms with van der Waals surface area (Å²) in [5.74, 6) is 5.13. The van der Waals surface area contributed by atoms with Crippen LogP contribution in [0.25, 0.3) is 11.3 Å². The molecular weight excluding hydrogens is 412 g/mol. The molecule has 3 amide bonds. The number of nitrogens with zero attached hydrogens (tertiary/aromatic N) is 2. The van der Waals surface area contributed by atoms with E-state index in [0.717, 1.165) is 0 Å². The van der Waals surface area contributed by atoms with Gasteiger partial charge >= 0.3 is 6.03 Å². The molecule has 2 rings (SSSR count). The zero-order chi connectivity index (χ0) is 24.2. The van der Waals surface area contributed by atoms with Crippen LogP contribution in [0, 0.1) is 11.8 Å². The first kappa shape index (κ1) is 24.6. The van der Waals surface area contributed by atoms with Gasteiger partial charge in [-0.1, -0.05) is 30.8 Å². The van der Waals surface area contributed by atoms with Gasteiger partial charge in [0.15, 0.2) is 11.5 Å². The Balaban J connectivity index is 2.66. The van der Waals surface area contributed by atoms with E-state index < -0.39 is 11.4 Å². The van der Waals surface area contributed by atoms with Crippen molar-refractivity contribution in [2.24, 2.45) is 0 Å². The van der Waals surface area contributed by atoms with E-state index in [1.54, 1.807) is 40.9 Å². The maximum Gasteiger partial charge on any atom is 0.318 e. The van der Waals surface area contributed by atoms with E-state index in [1.165, 1.54) is 11.0 Å². The van der Waals surface area contributed by atoms with Crippen LogP contribution in [0.4, 0.5) is 4.79 Å². The van der Waals surface area contributed by atoms with Crippen molar-refractivity contribution in [2.75, 3.05) is 20.6 Å². The van der Waals surface area contributed by atoms with E-state index in [1.807, 2.05) is 13.8 Å². The largest absolute Gasteiger partial charge is 0.508 e. The fourth-order valence-corrected chi connectivity index (χ4v) is 2.86. The van der Waals surface area contributed by atoms with E-state index in [0.29, 0.717) is 12.1 Å². The van der Waals surface area contributed by atoms with Crippen LogP contribution >= 0.6 is 0 Å². The van der Waals surface area contributed by atoms with Crippen LogP contribution in [0.3, 0.4) is 0 Å². The van der Waals surface area contributed by atoms with Crippen LogP contribution in [0.5, 0.6) is 11.5 Å². The second-order valence-electron chi connectivity index (χ2n) is 8.38. The topological polar surface area (TPSA) is 128 Å². The molecule has 1 aromatic heterocycles. The lowest BCUT2D eigenvalue weighted by Gasteiger charge is -2.22. The number of carbonyl (C=O) groups is 2. The third-order valence-electron chi connectivity index (χ3n) is 4.58. The number of benzene rings is 1. The molecular formula is C23H30N4O5. The fraction of sp³-hybridized carbons (Fsp3) is 0.435. The van der Waals surface area contributed by atoms with Crippen molar-refractivity contribution in [1.29, 1.82) is 0 Å². The number of nitrogens with one attached hydrogen (secondary N) is 2. The van der Waals surface area contributed by atoms with Crippen molar-refractivity contribution in [3.63, 3.8) is 0 Å². The van der Waals surface area contributed by atoms with Gasteiger partial charge in [-0.15, -0.1) is 0 Å². The van der Waals surface area contributed by atoms with Gasteiger partial charge in [0, 0.05) is 26.7 Å². The molecule has 0 fully saturated rings. The minimum atomic E-state index is -0.936. The Labute approximate surface area is 187 Å². The number of urea groups is 1. The van der Waals surface area contributed by atoms with Gasteiger partial charge in [-0.3, -0.25) is 4.79 Å². The fourth-order valence-electron chi connectivity index (χ4n) is 2.86. The number of carbonyl (C=O) groups excluding carboxylic acids is 2. The van der Waals surface area contributed by atoms with Crippen molar-refractivity contribution in [1.82, 2.24) is 20.7 Å². The molecule has 9 heteroatoms. The van der Waals surface area contributed by atoms with Gasteiger partial charge < -0.3 is 30.3 Å². The first-order chi connectivity index (χ1) is 14.9.